The molecule has 0 atom stereocenters. The highest BCUT2D eigenvalue weighted by Crippen LogP contribution is 2.18. The van der Waals surface area contributed by atoms with E-state index in [1.807, 2.05) is 11.5 Å². The Bertz CT molecular complexity index is 513. The minimum Gasteiger partial charge on any atom is -0.483 e. The maximum atomic E-state index is 13.3. The molecule has 5 heteroatoms. The van der Waals surface area contributed by atoms with Crippen LogP contribution in [0.1, 0.15) is 12.7 Å². The molecule has 0 amide bonds. The van der Waals surface area contributed by atoms with Gasteiger partial charge < -0.3 is 9.30 Å². The summed E-state index contributed by atoms with van der Waals surface area (Å²) in [6.07, 6.45) is 1.71. The van der Waals surface area contributed by atoms with Gasteiger partial charge in [0.1, 0.15) is 17.0 Å². The monoisotopic (exact) mass is 298 g/mol. The van der Waals surface area contributed by atoms with Crippen molar-refractivity contribution in [1.29, 1.82) is 0 Å². The maximum absolute atomic E-state index is 13.3. The molecule has 1 heterocycles. The van der Waals surface area contributed by atoms with E-state index in [0.29, 0.717) is 0 Å². The Balaban J connectivity index is 2.10. The fourth-order valence-corrected chi connectivity index (χ4v) is 2.10. The van der Waals surface area contributed by atoms with Crippen molar-refractivity contribution in [3.05, 3.63) is 46.7 Å². The summed E-state index contributed by atoms with van der Waals surface area (Å²) in [5.74, 6) is 0.651. The Labute approximate surface area is 107 Å². The molecule has 1 aromatic carbocycles. The zero-order chi connectivity index (χ0) is 12.3. The largest absolute Gasteiger partial charge is 0.483 e. The van der Waals surface area contributed by atoms with Gasteiger partial charge in [-0.15, -0.1) is 0 Å². The quantitative estimate of drug-likeness (QED) is 0.865. The number of ether oxygens (including phenoxy) is 1. The number of hydrogen-bond acceptors (Lipinski definition) is 2. The molecular formula is C12H12BrFN2O. The molecular weight excluding hydrogens is 287 g/mol. The maximum Gasteiger partial charge on any atom is 0.165 e. The topological polar surface area (TPSA) is 27.1 Å². The summed E-state index contributed by atoms with van der Waals surface area (Å²) < 4.78 is 21.6. The smallest absolute Gasteiger partial charge is 0.165 e. The summed E-state index contributed by atoms with van der Waals surface area (Å²) in [5.41, 5.74) is 0. The predicted molar refractivity (Wildman–Crippen MR) is 66.3 cm³/mol. The number of hydrogen-bond donors (Lipinski definition) is 0. The van der Waals surface area contributed by atoms with Crippen LogP contribution >= 0.6 is 15.9 Å². The van der Waals surface area contributed by atoms with E-state index in [0.717, 1.165) is 17.0 Å². The lowest BCUT2D eigenvalue weighted by Gasteiger charge is -2.08. The number of imidazole rings is 1. The molecule has 3 nitrogen and oxygen atoms in total. The van der Waals surface area contributed by atoms with Gasteiger partial charge in [-0.25, -0.2) is 9.37 Å². The molecule has 90 valence electrons. The molecule has 0 aliphatic carbocycles. The van der Waals surface area contributed by atoms with Gasteiger partial charge in [0.05, 0.1) is 6.20 Å². The Morgan fingerprint density at radius 3 is 2.88 bits per heavy atom. The Kier molecular flexibility index (Phi) is 3.78. The van der Waals surface area contributed by atoms with E-state index in [4.69, 9.17) is 4.74 Å². The second-order valence-corrected chi connectivity index (χ2v) is 4.27. The lowest BCUT2D eigenvalue weighted by atomic mass is 10.3. The van der Waals surface area contributed by atoms with Crippen LogP contribution in [0.4, 0.5) is 4.39 Å². The molecule has 0 saturated carbocycles. The molecule has 0 fully saturated rings. The normalized spacial score (nSPS) is 10.5. The minimum atomic E-state index is -0.360. The summed E-state index contributed by atoms with van der Waals surface area (Å²) >= 11 is 3.39. The molecule has 1 aromatic heterocycles. The fraction of sp³-hybridized carbons (Fsp3) is 0.250. The van der Waals surface area contributed by atoms with Crippen molar-refractivity contribution in [2.75, 3.05) is 0 Å². The van der Waals surface area contributed by atoms with Gasteiger partial charge in [-0.05, 0) is 35.0 Å². The van der Waals surface area contributed by atoms with Crippen molar-refractivity contribution in [3.8, 4) is 5.75 Å². The molecule has 17 heavy (non-hydrogen) atoms. The number of nitrogens with zero attached hydrogens (tertiary/aromatic N) is 2. The van der Waals surface area contributed by atoms with Crippen molar-refractivity contribution >= 4 is 15.9 Å². The molecule has 0 spiro atoms. The first-order valence-electron chi connectivity index (χ1n) is 5.29. The molecule has 0 aliphatic rings. The molecule has 0 saturated heterocycles. The van der Waals surface area contributed by atoms with Crippen molar-refractivity contribution < 1.29 is 9.13 Å². The zero-order valence-electron chi connectivity index (χ0n) is 9.36. The summed E-state index contributed by atoms with van der Waals surface area (Å²) in [5, 5.41) is 0. The van der Waals surface area contributed by atoms with Gasteiger partial charge in [0.2, 0.25) is 0 Å². The lowest BCUT2D eigenvalue weighted by Crippen LogP contribution is -2.06. The summed E-state index contributed by atoms with van der Waals surface area (Å²) in [7, 11) is 0. The minimum absolute atomic E-state index is 0.245. The number of rotatable bonds is 4. The third-order valence-corrected chi connectivity index (χ3v) is 3.03. The van der Waals surface area contributed by atoms with Crippen LogP contribution in [0.2, 0.25) is 0 Å². The Hall–Kier alpha value is -1.36. The van der Waals surface area contributed by atoms with Gasteiger partial charge in [-0.3, -0.25) is 0 Å². The van der Waals surface area contributed by atoms with E-state index in [-0.39, 0.29) is 18.2 Å². The van der Waals surface area contributed by atoms with Gasteiger partial charge in [-0.1, -0.05) is 12.1 Å². The summed E-state index contributed by atoms with van der Waals surface area (Å²) in [6.45, 7) is 3.05. The van der Waals surface area contributed by atoms with Gasteiger partial charge in [0.15, 0.2) is 11.6 Å². The lowest BCUT2D eigenvalue weighted by molar-refractivity contribution is 0.275. The third-order valence-electron chi connectivity index (χ3n) is 2.40. The van der Waals surface area contributed by atoms with Crippen molar-refractivity contribution in [1.82, 2.24) is 9.55 Å². The van der Waals surface area contributed by atoms with Crippen LogP contribution in [-0.4, -0.2) is 9.55 Å². The van der Waals surface area contributed by atoms with Crippen LogP contribution in [0.15, 0.2) is 35.1 Å². The number of halogens is 2. The van der Waals surface area contributed by atoms with Crippen LogP contribution in [-0.2, 0) is 13.2 Å². The first-order valence-corrected chi connectivity index (χ1v) is 6.09. The summed E-state index contributed by atoms with van der Waals surface area (Å²) in [6, 6.07) is 6.34. The molecule has 0 radical (unpaired) electrons. The zero-order valence-corrected chi connectivity index (χ0v) is 10.9. The molecule has 0 N–H and O–H groups in total. The van der Waals surface area contributed by atoms with Crippen molar-refractivity contribution in [3.63, 3.8) is 0 Å². The highest BCUT2D eigenvalue weighted by atomic mass is 79.9. The van der Waals surface area contributed by atoms with E-state index in [1.54, 1.807) is 24.4 Å². The van der Waals surface area contributed by atoms with Gasteiger partial charge in [0, 0.05) is 6.54 Å². The average molecular weight is 299 g/mol. The van der Waals surface area contributed by atoms with Crippen molar-refractivity contribution in [2.45, 2.75) is 20.1 Å². The highest BCUT2D eigenvalue weighted by molar-refractivity contribution is 9.10. The Morgan fingerprint density at radius 1 is 1.41 bits per heavy atom. The van der Waals surface area contributed by atoms with Gasteiger partial charge >= 0.3 is 0 Å². The Morgan fingerprint density at radius 2 is 2.18 bits per heavy atom. The molecule has 2 rings (SSSR count). The van der Waals surface area contributed by atoms with E-state index >= 15 is 0 Å². The van der Waals surface area contributed by atoms with E-state index in [9.17, 15) is 4.39 Å². The van der Waals surface area contributed by atoms with E-state index < -0.39 is 0 Å². The fourth-order valence-electron chi connectivity index (χ4n) is 1.54. The van der Waals surface area contributed by atoms with Crippen molar-refractivity contribution in [2.24, 2.45) is 0 Å². The van der Waals surface area contributed by atoms with Gasteiger partial charge in [0.25, 0.3) is 0 Å². The first-order chi connectivity index (χ1) is 8.22. The summed E-state index contributed by atoms with van der Waals surface area (Å²) in [4.78, 5) is 4.20. The van der Waals surface area contributed by atoms with Crippen LogP contribution in [0.3, 0.4) is 0 Å². The average Bonchev–Trinajstić information content (AvgIpc) is 2.69. The standard InChI is InChI=1S/C12H12BrFN2O/c1-2-16-11(13)7-15-12(16)8-17-10-6-4-3-5-9(10)14/h3-7H,2,8H2,1H3. The highest BCUT2D eigenvalue weighted by Gasteiger charge is 2.08. The second kappa shape index (κ2) is 5.31. The first kappa shape index (κ1) is 12.1. The number of benzene rings is 1. The molecule has 0 bridgehead atoms. The predicted octanol–water partition coefficient (Wildman–Crippen LogP) is 3.38. The molecule has 2 aromatic rings. The SMILES string of the molecule is CCn1c(Br)cnc1COc1ccccc1F. The van der Waals surface area contributed by atoms with Crippen LogP contribution in [0, 0.1) is 5.82 Å². The third kappa shape index (κ3) is 2.66. The number of aromatic nitrogens is 2. The molecule has 0 aliphatic heterocycles. The number of para-hydroxylation sites is 1. The van der Waals surface area contributed by atoms with Crippen LogP contribution in [0.25, 0.3) is 0 Å². The van der Waals surface area contributed by atoms with E-state index in [2.05, 4.69) is 20.9 Å². The van der Waals surface area contributed by atoms with Crippen LogP contribution < -0.4 is 4.74 Å². The van der Waals surface area contributed by atoms with Gasteiger partial charge in [-0.2, -0.15) is 0 Å². The van der Waals surface area contributed by atoms with Crippen LogP contribution in [0.5, 0.6) is 5.75 Å². The van der Waals surface area contributed by atoms with E-state index in [1.165, 1.54) is 6.07 Å². The second-order valence-electron chi connectivity index (χ2n) is 3.46. The molecule has 0 unspecified atom stereocenters.